The van der Waals surface area contributed by atoms with Crippen molar-refractivity contribution in [2.24, 2.45) is 0 Å². The van der Waals surface area contributed by atoms with Gasteiger partial charge in [-0.3, -0.25) is 0 Å². The van der Waals surface area contributed by atoms with E-state index in [2.05, 4.69) is 48.4 Å². The lowest BCUT2D eigenvalue weighted by atomic mass is 10.1. The molecule has 0 bridgehead atoms. The lowest BCUT2D eigenvalue weighted by molar-refractivity contribution is 0.109. The van der Waals surface area contributed by atoms with E-state index in [1.165, 1.54) is 5.56 Å². The van der Waals surface area contributed by atoms with Crippen molar-refractivity contribution in [3.8, 4) is 11.4 Å². The summed E-state index contributed by atoms with van der Waals surface area (Å²) in [7, 11) is 0. The van der Waals surface area contributed by atoms with Crippen molar-refractivity contribution in [2.75, 3.05) is 18.5 Å². The van der Waals surface area contributed by atoms with E-state index in [1.807, 2.05) is 0 Å². The fraction of sp³-hybridized carbons (Fsp3) is 0.375. The Hall–Kier alpha value is -1.94. The molecule has 1 N–H and O–H groups in total. The van der Waals surface area contributed by atoms with Crippen molar-refractivity contribution in [3.63, 3.8) is 0 Å². The van der Waals surface area contributed by atoms with Crippen LogP contribution in [-0.4, -0.2) is 23.1 Å². The summed E-state index contributed by atoms with van der Waals surface area (Å²) < 4.78 is 5.52. The third-order valence-electron chi connectivity index (χ3n) is 3.48. The minimum absolute atomic E-state index is 0.603. The number of anilines is 1. The zero-order chi connectivity index (χ0) is 13.9. The van der Waals surface area contributed by atoms with Crippen LogP contribution < -0.4 is 5.32 Å². The van der Waals surface area contributed by atoms with E-state index >= 15 is 0 Å². The molecule has 0 atom stereocenters. The van der Waals surface area contributed by atoms with Gasteiger partial charge in [0, 0.05) is 24.1 Å². The summed E-state index contributed by atoms with van der Waals surface area (Å²) in [5.41, 5.74) is 4.52. The van der Waals surface area contributed by atoms with Gasteiger partial charge in [-0.1, -0.05) is 29.8 Å². The van der Waals surface area contributed by atoms with Crippen LogP contribution in [0.25, 0.3) is 11.4 Å². The molecular weight excluding hydrogens is 250 g/mol. The van der Waals surface area contributed by atoms with Gasteiger partial charge >= 0.3 is 0 Å². The summed E-state index contributed by atoms with van der Waals surface area (Å²) in [5, 5.41) is 3.33. The Morgan fingerprint density at radius 3 is 2.75 bits per heavy atom. The first-order valence-electron chi connectivity index (χ1n) is 7.06. The minimum atomic E-state index is 0.603. The molecule has 0 saturated carbocycles. The molecule has 0 unspecified atom stereocenters. The molecule has 4 heteroatoms. The van der Waals surface area contributed by atoms with E-state index in [1.54, 1.807) is 0 Å². The van der Waals surface area contributed by atoms with Gasteiger partial charge in [0.15, 0.2) is 5.82 Å². The molecule has 0 radical (unpaired) electrons. The molecule has 0 amide bonds. The van der Waals surface area contributed by atoms with E-state index in [0.717, 1.165) is 48.0 Å². The average Bonchev–Trinajstić information content (AvgIpc) is 2.48. The first kappa shape index (κ1) is 13.1. The molecule has 0 saturated heterocycles. The summed E-state index contributed by atoms with van der Waals surface area (Å²) >= 11 is 0. The van der Waals surface area contributed by atoms with Gasteiger partial charge in [0.2, 0.25) is 0 Å². The van der Waals surface area contributed by atoms with Gasteiger partial charge in [0.1, 0.15) is 5.82 Å². The summed E-state index contributed by atoms with van der Waals surface area (Å²) in [6.45, 7) is 6.34. The van der Waals surface area contributed by atoms with Gasteiger partial charge in [0.05, 0.1) is 18.9 Å². The van der Waals surface area contributed by atoms with Crippen LogP contribution in [0.3, 0.4) is 0 Å². The van der Waals surface area contributed by atoms with Crippen LogP contribution in [0.4, 0.5) is 5.82 Å². The molecule has 1 aliphatic heterocycles. The number of benzene rings is 1. The second-order valence-electron chi connectivity index (χ2n) is 5.02. The summed E-state index contributed by atoms with van der Waals surface area (Å²) in [6, 6.07) is 8.33. The molecule has 1 aromatic carbocycles. The van der Waals surface area contributed by atoms with E-state index in [0.29, 0.717) is 6.61 Å². The molecule has 0 fully saturated rings. The number of rotatable bonds is 3. The highest BCUT2D eigenvalue weighted by molar-refractivity contribution is 5.60. The van der Waals surface area contributed by atoms with Gasteiger partial charge in [-0.05, 0) is 13.8 Å². The third-order valence-corrected chi connectivity index (χ3v) is 3.48. The van der Waals surface area contributed by atoms with Gasteiger partial charge < -0.3 is 10.1 Å². The molecule has 2 aromatic rings. The van der Waals surface area contributed by atoms with Crippen LogP contribution in [0.15, 0.2) is 24.3 Å². The monoisotopic (exact) mass is 269 g/mol. The Kier molecular flexibility index (Phi) is 3.65. The van der Waals surface area contributed by atoms with Crippen LogP contribution >= 0.6 is 0 Å². The fourth-order valence-electron chi connectivity index (χ4n) is 2.38. The van der Waals surface area contributed by atoms with Crippen LogP contribution in [0.1, 0.15) is 23.7 Å². The maximum Gasteiger partial charge on any atom is 0.161 e. The lowest BCUT2D eigenvalue weighted by Crippen LogP contribution is -2.17. The first-order valence-corrected chi connectivity index (χ1v) is 7.06. The zero-order valence-corrected chi connectivity index (χ0v) is 11.9. The Morgan fingerprint density at radius 1 is 1.20 bits per heavy atom. The molecule has 104 valence electrons. The normalized spacial score (nSPS) is 13.9. The second kappa shape index (κ2) is 5.59. The number of nitrogens with zero attached hydrogens (tertiary/aromatic N) is 2. The number of aromatic nitrogens is 2. The van der Waals surface area contributed by atoms with Gasteiger partial charge in [-0.25, -0.2) is 9.97 Å². The van der Waals surface area contributed by atoms with Crippen LogP contribution in [0.2, 0.25) is 0 Å². The maximum absolute atomic E-state index is 5.52. The van der Waals surface area contributed by atoms with E-state index in [-0.39, 0.29) is 0 Å². The largest absolute Gasteiger partial charge is 0.376 e. The van der Waals surface area contributed by atoms with Gasteiger partial charge in [-0.2, -0.15) is 0 Å². The van der Waals surface area contributed by atoms with Crippen molar-refractivity contribution in [1.29, 1.82) is 0 Å². The standard InChI is InChI=1S/C16H19N3O/c1-3-17-16-13-10-20-9-8-14(13)18-15(19-16)12-6-4-11(2)5-7-12/h4-7H,3,8-10H2,1-2H3,(H,17,18,19). The Labute approximate surface area is 119 Å². The molecule has 4 nitrogen and oxygen atoms in total. The van der Waals surface area contributed by atoms with Gasteiger partial charge in [0.25, 0.3) is 0 Å². The smallest absolute Gasteiger partial charge is 0.161 e. The van der Waals surface area contributed by atoms with Crippen LogP contribution in [0, 0.1) is 6.92 Å². The molecule has 20 heavy (non-hydrogen) atoms. The first-order chi connectivity index (χ1) is 9.78. The summed E-state index contributed by atoms with van der Waals surface area (Å²) in [5.74, 6) is 1.70. The number of hydrogen-bond acceptors (Lipinski definition) is 4. The third kappa shape index (κ3) is 2.51. The second-order valence-corrected chi connectivity index (χ2v) is 5.02. The van der Waals surface area contributed by atoms with Crippen molar-refractivity contribution >= 4 is 5.82 Å². The van der Waals surface area contributed by atoms with Crippen LogP contribution in [-0.2, 0) is 17.8 Å². The Balaban J connectivity index is 2.07. The highest BCUT2D eigenvalue weighted by atomic mass is 16.5. The zero-order valence-electron chi connectivity index (χ0n) is 11.9. The van der Waals surface area contributed by atoms with Crippen LogP contribution in [0.5, 0.6) is 0 Å². The summed E-state index contributed by atoms with van der Waals surface area (Å²) in [4.78, 5) is 9.40. The number of nitrogens with one attached hydrogen (secondary N) is 1. The molecular formula is C16H19N3O. The molecule has 1 aromatic heterocycles. The molecule has 0 aliphatic carbocycles. The molecule has 3 rings (SSSR count). The number of ether oxygens (including phenoxy) is 1. The van der Waals surface area contributed by atoms with Gasteiger partial charge in [-0.15, -0.1) is 0 Å². The SMILES string of the molecule is CCNc1nc(-c2ccc(C)cc2)nc2c1COCC2. The molecule has 2 heterocycles. The van der Waals surface area contributed by atoms with E-state index in [4.69, 9.17) is 9.72 Å². The highest BCUT2D eigenvalue weighted by Gasteiger charge is 2.18. The van der Waals surface area contributed by atoms with E-state index < -0.39 is 0 Å². The quantitative estimate of drug-likeness (QED) is 0.930. The number of fused-ring (bicyclic) bond motifs is 1. The van der Waals surface area contributed by atoms with Crippen molar-refractivity contribution in [2.45, 2.75) is 26.9 Å². The molecule has 0 spiro atoms. The van der Waals surface area contributed by atoms with Crippen molar-refractivity contribution in [1.82, 2.24) is 9.97 Å². The minimum Gasteiger partial charge on any atom is -0.376 e. The number of hydrogen-bond donors (Lipinski definition) is 1. The lowest BCUT2D eigenvalue weighted by Gasteiger charge is -2.20. The van der Waals surface area contributed by atoms with Crippen molar-refractivity contribution < 1.29 is 4.74 Å². The topological polar surface area (TPSA) is 47.0 Å². The maximum atomic E-state index is 5.52. The Bertz CT molecular complexity index is 608. The van der Waals surface area contributed by atoms with E-state index in [9.17, 15) is 0 Å². The number of aryl methyl sites for hydroxylation is 1. The fourth-order valence-corrected chi connectivity index (χ4v) is 2.38. The summed E-state index contributed by atoms with van der Waals surface area (Å²) in [6.07, 6.45) is 0.856. The molecule has 1 aliphatic rings. The Morgan fingerprint density at radius 2 is 2.00 bits per heavy atom. The van der Waals surface area contributed by atoms with Crippen molar-refractivity contribution in [3.05, 3.63) is 41.1 Å². The highest BCUT2D eigenvalue weighted by Crippen LogP contribution is 2.26. The predicted molar refractivity (Wildman–Crippen MR) is 79.7 cm³/mol. The average molecular weight is 269 g/mol. The predicted octanol–water partition coefficient (Wildman–Crippen LogP) is 2.96.